The maximum atomic E-state index is 11.9. The summed E-state index contributed by atoms with van der Waals surface area (Å²) in [6.45, 7) is 7.41. The van der Waals surface area contributed by atoms with E-state index in [9.17, 15) is 4.79 Å². The van der Waals surface area contributed by atoms with E-state index >= 15 is 0 Å². The van der Waals surface area contributed by atoms with Crippen LogP contribution in [-0.4, -0.2) is 37.3 Å². The van der Waals surface area contributed by atoms with Gasteiger partial charge in [-0.05, 0) is 45.7 Å². The summed E-state index contributed by atoms with van der Waals surface area (Å²) in [5.41, 5.74) is 6.11. The fourth-order valence-corrected chi connectivity index (χ4v) is 2.63. The zero-order chi connectivity index (χ0) is 16.2. The quantitative estimate of drug-likeness (QED) is 0.846. The lowest BCUT2D eigenvalue weighted by atomic mass is 10.1. The number of hydrogen-bond donors (Lipinski definition) is 1. The largest absolute Gasteiger partial charge is 0.476 e. The first-order valence-corrected chi connectivity index (χ1v) is 7.89. The lowest BCUT2D eigenvalue weighted by Gasteiger charge is -2.33. The molecule has 0 unspecified atom stereocenters. The highest BCUT2D eigenvalue weighted by Gasteiger charge is 2.31. The molecule has 5 heteroatoms. The normalized spacial score (nSPS) is 18.9. The van der Waals surface area contributed by atoms with Crippen molar-refractivity contribution in [3.05, 3.63) is 24.3 Å². The van der Waals surface area contributed by atoms with E-state index in [4.69, 9.17) is 15.2 Å². The second kappa shape index (κ2) is 7.01. The van der Waals surface area contributed by atoms with Gasteiger partial charge in [-0.1, -0.05) is 6.07 Å². The minimum absolute atomic E-state index is 0.217. The van der Waals surface area contributed by atoms with Crippen LogP contribution in [0.5, 0.6) is 5.75 Å². The molecule has 0 amide bonds. The van der Waals surface area contributed by atoms with Crippen LogP contribution in [0.25, 0.3) is 0 Å². The van der Waals surface area contributed by atoms with Crippen molar-refractivity contribution < 1.29 is 14.3 Å². The Morgan fingerprint density at radius 1 is 1.45 bits per heavy atom. The molecule has 1 heterocycles. The molecule has 0 saturated carbocycles. The summed E-state index contributed by atoms with van der Waals surface area (Å²) in [5, 5.41) is 0. The highest BCUT2D eigenvalue weighted by molar-refractivity contribution is 5.79. The Morgan fingerprint density at radius 2 is 2.23 bits per heavy atom. The minimum Gasteiger partial charge on any atom is -0.476 e. The van der Waals surface area contributed by atoms with Gasteiger partial charge in [0, 0.05) is 30.9 Å². The van der Waals surface area contributed by atoms with Crippen molar-refractivity contribution in [3.63, 3.8) is 0 Å². The van der Waals surface area contributed by atoms with Crippen LogP contribution in [0.2, 0.25) is 0 Å². The van der Waals surface area contributed by atoms with Crippen LogP contribution < -0.4 is 15.4 Å². The molecule has 1 aliphatic rings. The summed E-state index contributed by atoms with van der Waals surface area (Å²) in [5.74, 6) is 0.301. The molecule has 5 nitrogen and oxygen atoms in total. The number of esters is 1. The van der Waals surface area contributed by atoms with Gasteiger partial charge in [0.1, 0.15) is 5.75 Å². The predicted molar refractivity (Wildman–Crippen MR) is 87.2 cm³/mol. The van der Waals surface area contributed by atoms with Crippen molar-refractivity contribution in [1.29, 1.82) is 0 Å². The van der Waals surface area contributed by atoms with E-state index in [2.05, 4.69) is 4.90 Å². The van der Waals surface area contributed by atoms with Gasteiger partial charge in [0.2, 0.25) is 0 Å². The first-order chi connectivity index (χ1) is 10.4. The molecule has 0 spiro atoms. The lowest BCUT2D eigenvalue weighted by molar-refractivity contribution is -0.158. The number of nitrogens with two attached hydrogens (primary N) is 1. The first-order valence-electron chi connectivity index (χ1n) is 7.89. The number of anilines is 1. The van der Waals surface area contributed by atoms with Crippen LogP contribution in [0.15, 0.2) is 24.3 Å². The third-order valence-corrected chi connectivity index (χ3v) is 3.78. The van der Waals surface area contributed by atoms with Crippen molar-refractivity contribution in [2.45, 2.75) is 45.3 Å². The molecule has 2 N–H and O–H groups in total. The summed E-state index contributed by atoms with van der Waals surface area (Å²) in [4.78, 5) is 14.2. The third kappa shape index (κ3) is 4.13. The summed E-state index contributed by atoms with van der Waals surface area (Å²) >= 11 is 0. The number of ether oxygens (including phenoxy) is 2. The summed E-state index contributed by atoms with van der Waals surface area (Å²) < 4.78 is 10.9. The van der Waals surface area contributed by atoms with Crippen LogP contribution in [0.1, 0.15) is 33.6 Å². The van der Waals surface area contributed by atoms with Gasteiger partial charge in [0.05, 0.1) is 6.61 Å². The molecule has 1 aromatic rings. The molecule has 1 saturated heterocycles. The van der Waals surface area contributed by atoms with Gasteiger partial charge in [0.15, 0.2) is 5.60 Å². The zero-order valence-corrected chi connectivity index (χ0v) is 13.7. The molecule has 22 heavy (non-hydrogen) atoms. The van der Waals surface area contributed by atoms with Gasteiger partial charge < -0.3 is 20.1 Å². The molecule has 2 rings (SSSR count). The van der Waals surface area contributed by atoms with Gasteiger partial charge in [-0.3, -0.25) is 0 Å². The molecule has 0 aromatic heterocycles. The summed E-state index contributed by atoms with van der Waals surface area (Å²) in [7, 11) is 0. The van der Waals surface area contributed by atoms with Crippen molar-refractivity contribution >= 4 is 11.7 Å². The number of carbonyl (C=O) groups excluding carboxylic acids is 1. The fraction of sp³-hybridized carbons (Fsp3) is 0.588. The fourth-order valence-electron chi connectivity index (χ4n) is 2.63. The highest BCUT2D eigenvalue weighted by Crippen LogP contribution is 2.26. The van der Waals surface area contributed by atoms with Crippen molar-refractivity contribution in [2.24, 2.45) is 5.73 Å². The van der Waals surface area contributed by atoms with E-state index in [1.54, 1.807) is 20.8 Å². The molecule has 1 atom stereocenters. The zero-order valence-electron chi connectivity index (χ0n) is 13.7. The van der Waals surface area contributed by atoms with Crippen LogP contribution >= 0.6 is 0 Å². The number of benzene rings is 1. The third-order valence-electron chi connectivity index (χ3n) is 3.78. The number of carbonyl (C=O) groups is 1. The highest BCUT2D eigenvalue weighted by atomic mass is 16.6. The monoisotopic (exact) mass is 306 g/mol. The topological polar surface area (TPSA) is 64.8 Å². The average Bonchev–Trinajstić information content (AvgIpc) is 2.47. The summed E-state index contributed by atoms with van der Waals surface area (Å²) in [6.07, 6.45) is 2.17. The lowest BCUT2D eigenvalue weighted by Crippen LogP contribution is -2.43. The Balaban J connectivity index is 2.09. The molecule has 0 radical (unpaired) electrons. The predicted octanol–water partition coefficient (Wildman–Crippen LogP) is 2.33. The number of nitrogens with zero attached hydrogens (tertiary/aromatic N) is 1. The van der Waals surface area contributed by atoms with Gasteiger partial charge in [0.25, 0.3) is 0 Å². The Bertz CT molecular complexity index is 516. The summed E-state index contributed by atoms with van der Waals surface area (Å²) in [6, 6.07) is 8.01. The van der Waals surface area contributed by atoms with Gasteiger partial charge >= 0.3 is 5.97 Å². The smallest absolute Gasteiger partial charge is 0.349 e. The second-order valence-corrected chi connectivity index (χ2v) is 6.18. The van der Waals surface area contributed by atoms with E-state index in [1.807, 2.05) is 24.3 Å². The van der Waals surface area contributed by atoms with Gasteiger partial charge in [-0.2, -0.15) is 0 Å². The van der Waals surface area contributed by atoms with Crippen molar-refractivity contribution in [1.82, 2.24) is 0 Å². The first kappa shape index (κ1) is 16.6. The van der Waals surface area contributed by atoms with Crippen molar-refractivity contribution in [3.8, 4) is 5.75 Å². The molecule has 0 aliphatic carbocycles. The van der Waals surface area contributed by atoms with E-state index < -0.39 is 5.60 Å². The maximum Gasteiger partial charge on any atom is 0.349 e. The van der Waals surface area contributed by atoms with E-state index in [-0.39, 0.29) is 12.0 Å². The Labute approximate surface area is 132 Å². The average molecular weight is 306 g/mol. The minimum atomic E-state index is -1.01. The molecular formula is C17H26N2O3. The molecular weight excluding hydrogens is 280 g/mol. The molecule has 1 fully saturated rings. The Kier molecular flexibility index (Phi) is 5.29. The number of hydrogen-bond acceptors (Lipinski definition) is 5. The molecule has 1 aliphatic heterocycles. The van der Waals surface area contributed by atoms with Crippen LogP contribution in [0.3, 0.4) is 0 Å². The van der Waals surface area contributed by atoms with Crippen LogP contribution in [-0.2, 0) is 9.53 Å². The van der Waals surface area contributed by atoms with E-state index in [1.165, 1.54) is 0 Å². The van der Waals surface area contributed by atoms with Crippen LogP contribution in [0.4, 0.5) is 5.69 Å². The van der Waals surface area contributed by atoms with E-state index in [0.29, 0.717) is 12.4 Å². The Hall–Kier alpha value is -1.75. The van der Waals surface area contributed by atoms with E-state index in [0.717, 1.165) is 31.6 Å². The van der Waals surface area contributed by atoms with Crippen LogP contribution in [0, 0.1) is 0 Å². The van der Waals surface area contributed by atoms with Gasteiger partial charge in [-0.25, -0.2) is 4.79 Å². The molecule has 1 aromatic carbocycles. The Morgan fingerprint density at radius 3 is 2.91 bits per heavy atom. The van der Waals surface area contributed by atoms with Crippen molar-refractivity contribution in [2.75, 3.05) is 24.6 Å². The second-order valence-electron chi connectivity index (χ2n) is 6.18. The maximum absolute atomic E-state index is 11.9. The number of rotatable bonds is 5. The molecule has 0 bridgehead atoms. The SMILES string of the molecule is CCOC(=O)C(C)(C)Oc1cccc(N2CCC[C@@H](N)C2)c1. The van der Waals surface area contributed by atoms with Gasteiger partial charge in [-0.15, -0.1) is 0 Å². The number of piperidine rings is 1. The standard InChI is InChI=1S/C17H26N2O3/c1-4-21-16(20)17(2,3)22-15-9-5-8-14(11-15)19-10-6-7-13(18)12-19/h5,8-9,11,13H,4,6-7,10,12,18H2,1-3H3/t13-/m1/s1. The molecule has 122 valence electrons.